The van der Waals surface area contributed by atoms with E-state index < -0.39 is 11.0 Å². The Labute approximate surface area is 188 Å². The number of carbonyl (C=O) groups is 1. The zero-order chi connectivity index (χ0) is 22.2. The molecule has 0 radical (unpaired) electrons. The third kappa shape index (κ3) is 3.33. The standard InChI is InChI=1S/C24H17ClN4O3/c25-19-9-5-4-8-17(19)14-28-23(16-10-12-18(13-11-16)29(31)32)20-21(15-6-2-1-3-7-15)26-27-22(20)24(28)30/h1-13,23H,14H2,(H,26,27). The van der Waals surface area contributed by atoms with Crippen LogP contribution < -0.4 is 0 Å². The number of carbonyl (C=O) groups excluding carboxylic acids is 1. The van der Waals surface area contributed by atoms with Gasteiger partial charge in [-0.05, 0) is 29.3 Å². The Kier molecular flexibility index (Phi) is 4.95. The van der Waals surface area contributed by atoms with Gasteiger partial charge >= 0.3 is 0 Å². The first-order chi connectivity index (χ1) is 15.5. The molecule has 0 saturated carbocycles. The smallest absolute Gasteiger partial charge is 0.273 e. The van der Waals surface area contributed by atoms with Crippen LogP contribution in [0.1, 0.15) is 33.2 Å². The van der Waals surface area contributed by atoms with E-state index in [9.17, 15) is 14.9 Å². The monoisotopic (exact) mass is 444 g/mol. The third-order valence-corrected chi connectivity index (χ3v) is 6.00. The van der Waals surface area contributed by atoms with Gasteiger partial charge in [-0.25, -0.2) is 0 Å². The first kappa shape index (κ1) is 20.0. The molecule has 1 N–H and O–H groups in total. The summed E-state index contributed by atoms with van der Waals surface area (Å²) in [7, 11) is 0. The number of nitro groups is 1. The lowest BCUT2D eigenvalue weighted by atomic mass is 9.95. The van der Waals surface area contributed by atoms with Gasteiger partial charge in [-0.1, -0.05) is 60.1 Å². The van der Waals surface area contributed by atoms with E-state index in [-0.39, 0.29) is 18.1 Å². The number of aromatic nitrogens is 2. The lowest BCUT2D eigenvalue weighted by Gasteiger charge is -2.27. The summed E-state index contributed by atoms with van der Waals surface area (Å²) in [6.45, 7) is 0.289. The second-order valence-corrected chi connectivity index (χ2v) is 7.91. The number of halogens is 1. The molecular formula is C24H17ClN4O3. The number of hydrogen-bond donors (Lipinski definition) is 1. The molecule has 0 aliphatic carbocycles. The van der Waals surface area contributed by atoms with Gasteiger partial charge in [0.2, 0.25) is 0 Å². The molecule has 1 amide bonds. The van der Waals surface area contributed by atoms with Crippen molar-refractivity contribution < 1.29 is 9.72 Å². The topological polar surface area (TPSA) is 92.1 Å². The predicted octanol–water partition coefficient (Wildman–Crippen LogP) is 5.38. The van der Waals surface area contributed by atoms with Gasteiger partial charge in [-0.15, -0.1) is 0 Å². The van der Waals surface area contributed by atoms with Crippen LogP contribution in [0, 0.1) is 10.1 Å². The average Bonchev–Trinajstić information content (AvgIpc) is 3.35. The molecule has 2 heterocycles. The molecule has 1 aliphatic heterocycles. The zero-order valence-electron chi connectivity index (χ0n) is 16.7. The fourth-order valence-electron chi connectivity index (χ4n) is 4.11. The second-order valence-electron chi connectivity index (χ2n) is 7.50. The van der Waals surface area contributed by atoms with Crippen molar-refractivity contribution in [1.82, 2.24) is 15.1 Å². The van der Waals surface area contributed by atoms with Crippen molar-refractivity contribution in [3.05, 3.63) is 116 Å². The van der Waals surface area contributed by atoms with Gasteiger partial charge in [0, 0.05) is 34.8 Å². The lowest BCUT2D eigenvalue weighted by molar-refractivity contribution is -0.384. The number of nitrogens with one attached hydrogen (secondary N) is 1. The highest BCUT2D eigenvalue weighted by molar-refractivity contribution is 6.31. The molecule has 5 rings (SSSR count). The second kappa shape index (κ2) is 7.94. The van der Waals surface area contributed by atoms with Crippen molar-refractivity contribution in [2.75, 3.05) is 0 Å². The van der Waals surface area contributed by atoms with E-state index in [1.54, 1.807) is 23.1 Å². The fourth-order valence-corrected chi connectivity index (χ4v) is 4.31. The van der Waals surface area contributed by atoms with E-state index in [0.29, 0.717) is 16.4 Å². The van der Waals surface area contributed by atoms with E-state index >= 15 is 0 Å². The molecule has 158 valence electrons. The van der Waals surface area contributed by atoms with Gasteiger partial charge < -0.3 is 4.90 Å². The number of non-ortho nitro benzene ring substituents is 1. The Bertz CT molecular complexity index is 1320. The number of rotatable bonds is 5. The number of aromatic amines is 1. The Balaban J connectivity index is 1.65. The minimum absolute atomic E-state index is 0.00794. The number of fused-ring (bicyclic) bond motifs is 1. The number of hydrogen-bond acceptors (Lipinski definition) is 4. The molecule has 32 heavy (non-hydrogen) atoms. The van der Waals surface area contributed by atoms with Crippen LogP contribution in [0.25, 0.3) is 11.3 Å². The minimum atomic E-state index is -0.469. The van der Waals surface area contributed by atoms with E-state index in [1.165, 1.54) is 12.1 Å². The van der Waals surface area contributed by atoms with Crippen LogP contribution in [0.5, 0.6) is 0 Å². The van der Waals surface area contributed by atoms with Gasteiger partial charge in [0.05, 0.1) is 16.7 Å². The molecule has 1 aromatic heterocycles. The summed E-state index contributed by atoms with van der Waals surface area (Å²) in [5.74, 6) is -0.196. The van der Waals surface area contributed by atoms with Crippen LogP contribution in [-0.2, 0) is 6.54 Å². The summed E-state index contributed by atoms with van der Waals surface area (Å²) in [5.41, 5.74) is 4.29. The predicted molar refractivity (Wildman–Crippen MR) is 120 cm³/mol. The number of nitro benzene ring substituents is 1. The summed E-state index contributed by atoms with van der Waals surface area (Å²) < 4.78 is 0. The third-order valence-electron chi connectivity index (χ3n) is 5.63. The molecule has 3 aromatic carbocycles. The van der Waals surface area contributed by atoms with E-state index in [2.05, 4.69) is 10.2 Å². The summed E-state index contributed by atoms with van der Waals surface area (Å²) >= 11 is 6.38. The SMILES string of the molecule is O=C1c2[nH]nc(-c3ccccc3)c2C(c2ccc([N+](=O)[O-])cc2)N1Cc1ccccc1Cl. The van der Waals surface area contributed by atoms with Crippen molar-refractivity contribution in [2.45, 2.75) is 12.6 Å². The fraction of sp³-hybridized carbons (Fsp3) is 0.0833. The maximum Gasteiger partial charge on any atom is 0.273 e. The van der Waals surface area contributed by atoms with Crippen molar-refractivity contribution in [3.63, 3.8) is 0 Å². The first-order valence-electron chi connectivity index (χ1n) is 9.97. The van der Waals surface area contributed by atoms with Gasteiger partial charge in [0.25, 0.3) is 11.6 Å². The van der Waals surface area contributed by atoms with Crippen molar-refractivity contribution in [3.8, 4) is 11.3 Å². The molecule has 0 fully saturated rings. The van der Waals surface area contributed by atoms with Crippen LogP contribution >= 0.6 is 11.6 Å². The highest BCUT2D eigenvalue weighted by Crippen LogP contribution is 2.44. The average molecular weight is 445 g/mol. The van der Waals surface area contributed by atoms with Crippen LogP contribution in [0.3, 0.4) is 0 Å². The van der Waals surface area contributed by atoms with E-state index in [0.717, 1.165) is 22.3 Å². The molecule has 1 atom stereocenters. The Morgan fingerprint density at radius 1 is 1.00 bits per heavy atom. The van der Waals surface area contributed by atoms with Gasteiger partial charge in [0.15, 0.2) is 0 Å². The summed E-state index contributed by atoms with van der Waals surface area (Å²) in [5, 5.41) is 19.0. The maximum absolute atomic E-state index is 13.4. The largest absolute Gasteiger partial charge is 0.322 e. The molecule has 1 aliphatic rings. The molecule has 0 saturated heterocycles. The Hall–Kier alpha value is -3.97. The summed E-state index contributed by atoms with van der Waals surface area (Å²) in [6.07, 6.45) is 0. The molecule has 8 heteroatoms. The van der Waals surface area contributed by atoms with Gasteiger partial charge in [-0.2, -0.15) is 5.10 Å². The minimum Gasteiger partial charge on any atom is -0.322 e. The van der Waals surface area contributed by atoms with Crippen LogP contribution in [0.4, 0.5) is 5.69 Å². The van der Waals surface area contributed by atoms with Crippen LogP contribution in [0.15, 0.2) is 78.9 Å². The Morgan fingerprint density at radius 2 is 1.69 bits per heavy atom. The molecule has 1 unspecified atom stereocenters. The summed E-state index contributed by atoms with van der Waals surface area (Å²) in [6, 6.07) is 22.8. The highest BCUT2D eigenvalue weighted by atomic mass is 35.5. The maximum atomic E-state index is 13.4. The quantitative estimate of drug-likeness (QED) is 0.330. The van der Waals surface area contributed by atoms with Gasteiger partial charge in [0.1, 0.15) is 5.69 Å². The number of amides is 1. The molecular weight excluding hydrogens is 428 g/mol. The van der Waals surface area contributed by atoms with Gasteiger partial charge in [-0.3, -0.25) is 20.0 Å². The van der Waals surface area contributed by atoms with Crippen LogP contribution in [0.2, 0.25) is 5.02 Å². The number of benzene rings is 3. The molecule has 7 nitrogen and oxygen atoms in total. The summed E-state index contributed by atoms with van der Waals surface area (Å²) in [4.78, 5) is 25.8. The van der Waals surface area contributed by atoms with Crippen molar-refractivity contribution in [1.29, 1.82) is 0 Å². The van der Waals surface area contributed by atoms with Crippen molar-refractivity contribution in [2.24, 2.45) is 0 Å². The number of H-pyrrole nitrogens is 1. The van der Waals surface area contributed by atoms with Crippen LogP contribution in [-0.4, -0.2) is 25.9 Å². The molecule has 4 aromatic rings. The molecule has 0 bridgehead atoms. The number of nitrogens with zero attached hydrogens (tertiary/aromatic N) is 3. The Morgan fingerprint density at radius 3 is 2.38 bits per heavy atom. The van der Waals surface area contributed by atoms with E-state index in [4.69, 9.17) is 11.6 Å². The van der Waals surface area contributed by atoms with Crippen molar-refractivity contribution >= 4 is 23.2 Å². The first-order valence-corrected chi connectivity index (χ1v) is 10.3. The van der Waals surface area contributed by atoms with E-state index in [1.807, 2.05) is 48.5 Å². The zero-order valence-corrected chi connectivity index (χ0v) is 17.5. The normalized spacial score (nSPS) is 15.1. The molecule has 0 spiro atoms. The lowest BCUT2D eigenvalue weighted by Crippen LogP contribution is -2.29. The highest BCUT2D eigenvalue weighted by Gasteiger charge is 2.42.